The Kier molecular flexibility index (Phi) is 4.41. The molecular weight excluding hydrogens is 296 g/mol. The molecule has 0 radical (unpaired) electrons. The van der Waals surface area contributed by atoms with E-state index in [4.69, 9.17) is 15.2 Å². The van der Waals surface area contributed by atoms with Gasteiger partial charge >= 0.3 is 0 Å². The van der Waals surface area contributed by atoms with Crippen LogP contribution < -0.4 is 15.2 Å². The van der Waals surface area contributed by atoms with Crippen LogP contribution in [0.2, 0.25) is 0 Å². The predicted molar refractivity (Wildman–Crippen MR) is 84.4 cm³/mol. The average molecular weight is 318 g/mol. The SMILES string of the molecule is COc1cc(C(=O)N2CC3CCCC3C2)ccc1OCC(N)=O. The van der Waals surface area contributed by atoms with E-state index in [1.165, 1.54) is 26.4 Å². The minimum Gasteiger partial charge on any atom is -0.493 e. The van der Waals surface area contributed by atoms with Crippen molar-refractivity contribution in [2.24, 2.45) is 17.6 Å². The highest BCUT2D eigenvalue weighted by molar-refractivity contribution is 5.95. The lowest BCUT2D eigenvalue weighted by molar-refractivity contribution is -0.119. The number of primary amides is 1. The smallest absolute Gasteiger partial charge is 0.255 e. The molecule has 1 saturated carbocycles. The van der Waals surface area contributed by atoms with Gasteiger partial charge in [0.25, 0.3) is 11.8 Å². The van der Waals surface area contributed by atoms with Crippen molar-refractivity contribution >= 4 is 11.8 Å². The molecule has 1 aliphatic heterocycles. The molecule has 2 unspecified atom stereocenters. The van der Waals surface area contributed by atoms with Gasteiger partial charge in [-0.25, -0.2) is 0 Å². The number of nitrogens with zero attached hydrogens (tertiary/aromatic N) is 1. The second kappa shape index (κ2) is 6.48. The zero-order valence-electron chi connectivity index (χ0n) is 13.3. The van der Waals surface area contributed by atoms with E-state index in [-0.39, 0.29) is 12.5 Å². The zero-order chi connectivity index (χ0) is 16.4. The molecule has 1 aromatic carbocycles. The van der Waals surface area contributed by atoms with Crippen LogP contribution in [-0.2, 0) is 4.79 Å². The van der Waals surface area contributed by atoms with Crippen LogP contribution in [0.4, 0.5) is 0 Å². The second-order valence-corrected chi connectivity index (χ2v) is 6.28. The topological polar surface area (TPSA) is 81.9 Å². The molecule has 6 nitrogen and oxygen atoms in total. The highest BCUT2D eigenvalue weighted by atomic mass is 16.5. The maximum absolute atomic E-state index is 12.7. The molecule has 2 aliphatic rings. The fourth-order valence-corrected chi connectivity index (χ4v) is 3.65. The van der Waals surface area contributed by atoms with Crippen LogP contribution in [0.5, 0.6) is 11.5 Å². The molecule has 0 aromatic heterocycles. The minimum absolute atomic E-state index is 0.0270. The molecule has 2 amide bonds. The van der Waals surface area contributed by atoms with Crippen molar-refractivity contribution < 1.29 is 19.1 Å². The number of fused-ring (bicyclic) bond motifs is 1. The van der Waals surface area contributed by atoms with Crippen LogP contribution in [0.25, 0.3) is 0 Å². The van der Waals surface area contributed by atoms with Crippen molar-refractivity contribution in [3.05, 3.63) is 23.8 Å². The summed E-state index contributed by atoms with van der Waals surface area (Å²) in [5.74, 6) is 1.63. The molecular formula is C17H22N2O4. The van der Waals surface area contributed by atoms with Gasteiger partial charge in [-0.1, -0.05) is 6.42 Å². The van der Waals surface area contributed by atoms with Crippen LogP contribution in [0.3, 0.4) is 0 Å². The van der Waals surface area contributed by atoms with Gasteiger partial charge in [0.05, 0.1) is 7.11 Å². The van der Waals surface area contributed by atoms with Crippen molar-refractivity contribution in [3.8, 4) is 11.5 Å². The molecule has 1 aromatic rings. The van der Waals surface area contributed by atoms with E-state index in [0.29, 0.717) is 28.9 Å². The third-order valence-corrected chi connectivity index (χ3v) is 4.79. The van der Waals surface area contributed by atoms with Gasteiger partial charge in [0.2, 0.25) is 0 Å². The minimum atomic E-state index is -0.559. The van der Waals surface area contributed by atoms with Gasteiger partial charge in [0.15, 0.2) is 18.1 Å². The normalized spacial score (nSPS) is 22.7. The van der Waals surface area contributed by atoms with Crippen LogP contribution in [0.15, 0.2) is 18.2 Å². The maximum atomic E-state index is 12.7. The van der Waals surface area contributed by atoms with Gasteiger partial charge in [-0.15, -0.1) is 0 Å². The zero-order valence-corrected chi connectivity index (χ0v) is 13.3. The number of ether oxygens (including phenoxy) is 2. The van der Waals surface area contributed by atoms with Crippen molar-refractivity contribution in [2.75, 3.05) is 26.8 Å². The number of amides is 2. The summed E-state index contributed by atoms with van der Waals surface area (Å²) in [6.45, 7) is 1.48. The highest BCUT2D eigenvalue weighted by Crippen LogP contribution is 2.38. The fraction of sp³-hybridized carbons (Fsp3) is 0.529. The number of likely N-dealkylation sites (tertiary alicyclic amines) is 1. The third-order valence-electron chi connectivity index (χ3n) is 4.79. The Bertz CT molecular complexity index is 605. The number of hydrogen-bond acceptors (Lipinski definition) is 4. The maximum Gasteiger partial charge on any atom is 0.255 e. The van der Waals surface area contributed by atoms with Gasteiger partial charge in [-0.05, 0) is 42.9 Å². The lowest BCUT2D eigenvalue weighted by Gasteiger charge is -2.18. The van der Waals surface area contributed by atoms with Gasteiger partial charge in [-0.2, -0.15) is 0 Å². The van der Waals surface area contributed by atoms with Crippen molar-refractivity contribution in [1.82, 2.24) is 4.90 Å². The Morgan fingerprint density at radius 2 is 1.91 bits per heavy atom. The van der Waals surface area contributed by atoms with E-state index in [1.54, 1.807) is 18.2 Å². The molecule has 1 aliphatic carbocycles. The van der Waals surface area contributed by atoms with Crippen LogP contribution >= 0.6 is 0 Å². The van der Waals surface area contributed by atoms with Crippen LogP contribution in [-0.4, -0.2) is 43.5 Å². The molecule has 2 N–H and O–H groups in total. The average Bonchev–Trinajstić information content (AvgIpc) is 3.13. The first-order valence-corrected chi connectivity index (χ1v) is 7.97. The van der Waals surface area contributed by atoms with Crippen molar-refractivity contribution in [2.45, 2.75) is 19.3 Å². The summed E-state index contributed by atoms with van der Waals surface area (Å²) in [5.41, 5.74) is 5.65. The molecule has 1 saturated heterocycles. The first-order chi connectivity index (χ1) is 11.1. The molecule has 6 heteroatoms. The number of nitrogens with two attached hydrogens (primary N) is 1. The Balaban J connectivity index is 1.72. The van der Waals surface area contributed by atoms with E-state index in [1.807, 2.05) is 4.90 Å². The summed E-state index contributed by atoms with van der Waals surface area (Å²) in [6.07, 6.45) is 3.76. The lowest BCUT2D eigenvalue weighted by atomic mass is 10.0. The summed E-state index contributed by atoms with van der Waals surface area (Å²) >= 11 is 0. The van der Waals surface area contributed by atoms with E-state index >= 15 is 0 Å². The van der Waals surface area contributed by atoms with E-state index in [2.05, 4.69) is 0 Å². The number of benzene rings is 1. The fourth-order valence-electron chi connectivity index (χ4n) is 3.65. The molecule has 0 spiro atoms. The van der Waals surface area contributed by atoms with Gasteiger partial charge < -0.3 is 20.1 Å². The van der Waals surface area contributed by atoms with Crippen molar-refractivity contribution in [1.29, 1.82) is 0 Å². The molecule has 1 heterocycles. The first kappa shape index (κ1) is 15.6. The Hall–Kier alpha value is -2.24. The Labute approximate surface area is 135 Å². The summed E-state index contributed by atoms with van der Waals surface area (Å²) in [7, 11) is 1.50. The number of carbonyl (C=O) groups is 2. The summed E-state index contributed by atoms with van der Waals surface area (Å²) < 4.78 is 10.5. The number of hydrogen-bond donors (Lipinski definition) is 1. The highest BCUT2D eigenvalue weighted by Gasteiger charge is 2.38. The predicted octanol–water partition coefficient (Wildman–Crippen LogP) is 1.43. The Morgan fingerprint density at radius 3 is 2.52 bits per heavy atom. The number of methoxy groups -OCH3 is 1. The summed E-state index contributed by atoms with van der Waals surface area (Å²) in [6, 6.07) is 5.01. The van der Waals surface area contributed by atoms with E-state index in [9.17, 15) is 9.59 Å². The molecule has 3 rings (SSSR count). The van der Waals surface area contributed by atoms with Crippen molar-refractivity contribution in [3.63, 3.8) is 0 Å². The molecule has 0 bridgehead atoms. The lowest BCUT2D eigenvalue weighted by Crippen LogP contribution is -2.29. The standard InChI is InChI=1S/C17H22N2O4/c1-22-15-7-11(5-6-14(15)23-10-16(18)20)17(21)19-8-12-3-2-4-13(12)9-19/h5-7,12-13H,2-4,8-10H2,1H3,(H2,18,20). The number of rotatable bonds is 5. The summed E-state index contributed by atoms with van der Waals surface area (Å²) in [4.78, 5) is 25.4. The largest absolute Gasteiger partial charge is 0.493 e. The van der Waals surface area contributed by atoms with Gasteiger partial charge in [0, 0.05) is 18.7 Å². The van der Waals surface area contributed by atoms with Gasteiger partial charge in [0.1, 0.15) is 0 Å². The van der Waals surface area contributed by atoms with E-state index < -0.39 is 5.91 Å². The second-order valence-electron chi connectivity index (χ2n) is 6.28. The Morgan fingerprint density at radius 1 is 1.22 bits per heavy atom. The first-order valence-electron chi connectivity index (χ1n) is 7.97. The molecule has 23 heavy (non-hydrogen) atoms. The monoisotopic (exact) mass is 318 g/mol. The molecule has 2 atom stereocenters. The van der Waals surface area contributed by atoms with Crippen LogP contribution in [0.1, 0.15) is 29.6 Å². The molecule has 124 valence electrons. The van der Waals surface area contributed by atoms with Crippen LogP contribution in [0, 0.1) is 11.8 Å². The van der Waals surface area contributed by atoms with E-state index in [0.717, 1.165) is 13.1 Å². The third kappa shape index (κ3) is 3.25. The molecule has 2 fully saturated rings. The van der Waals surface area contributed by atoms with Gasteiger partial charge in [-0.3, -0.25) is 9.59 Å². The quantitative estimate of drug-likeness (QED) is 0.890. The number of carbonyl (C=O) groups excluding carboxylic acids is 2. The summed E-state index contributed by atoms with van der Waals surface area (Å²) in [5, 5.41) is 0.